The molecule has 0 saturated heterocycles. The third-order valence-electron chi connectivity index (χ3n) is 3.05. The van der Waals surface area contributed by atoms with Gasteiger partial charge in [-0.3, -0.25) is 4.79 Å². The Hall–Kier alpha value is -3.02. The van der Waals surface area contributed by atoms with Crippen molar-refractivity contribution in [3.8, 4) is 5.75 Å². The summed E-state index contributed by atoms with van der Waals surface area (Å²) >= 11 is 0. The molecule has 0 aromatic heterocycles. The molecule has 0 atom stereocenters. The highest BCUT2D eigenvalue weighted by Gasteiger charge is 2.18. The number of phenols is 1. The average Bonchev–Trinajstić information content (AvgIpc) is 2.52. The van der Waals surface area contributed by atoms with Crippen LogP contribution in [0.3, 0.4) is 0 Å². The zero-order valence-corrected chi connectivity index (χ0v) is 11.4. The highest BCUT2D eigenvalue weighted by atomic mass is 16.4. The zero-order chi connectivity index (χ0) is 15.4. The van der Waals surface area contributed by atoms with Crippen LogP contribution in [0.5, 0.6) is 5.75 Å². The van der Waals surface area contributed by atoms with Gasteiger partial charge in [0.05, 0.1) is 5.69 Å². The number of nitrogens with two attached hydrogens (primary N) is 1. The molecule has 2 aromatic rings. The maximum atomic E-state index is 12.4. The van der Waals surface area contributed by atoms with Gasteiger partial charge in [0.1, 0.15) is 5.75 Å². The predicted molar refractivity (Wildman–Crippen MR) is 79.8 cm³/mol. The first-order valence-corrected chi connectivity index (χ1v) is 6.18. The van der Waals surface area contributed by atoms with Gasteiger partial charge in [-0.25, -0.2) is 0 Å². The van der Waals surface area contributed by atoms with E-state index in [1.165, 1.54) is 17.0 Å². The smallest absolute Gasteiger partial charge is 0.258 e. The van der Waals surface area contributed by atoms with Crippen LogP contribution in [0.4, 0.5) is 5.69 Å². The first-order chi connectivity index (χ1) is 10.0. The largest absolute Gasteiger partial charge is 0.508 e. The quantitative estimate of drug-likeness (QED) is 0.346. The molecule has 21 heavy (non-hydrogen) atoms. The standard InChI is InChI=1S/C15H15N3O3/c1-18(15(20)10-5-4-6-11(19)9-10)13-8-3-2-7-12(13)14(16)17-21/h2-9,19,21H,1H3,(H2,16,17). The number of oxime groups is 1. The summed E-state index contributed by atoms with van der Waals surface area (Å²) in [4.78, 5) is 13.8. The van der Waals surface area contributed by atoms with Crippen molar-refractivity contribution >= 4 is 17.4 Å². The van der Waals surface area contributed by atoms with E-state index >= 15 is 0 Å². The fraction of sp³-hybridized carbons (Fsp3) is 0.0667. The summed E-state index contributed by atoms with van der Waals surface area (Å²) in [6.45, 7) is 0. The van der Waals surface area contributed by atoms with Gasteiger partial charge in [0.2, 0.25) is 0 Å². The Morgan fingerprint density at radius 3 is 2.57 bits per heavy atom. The molecule has 0 heterocycles. The number of hydrogen-bond acceptors (Lipinski definition) is 4. The van der Waals surface area contributed by atoms with Gasteiger partial charge >= 0.3 is 0 Å². The minimum Gasteiger partial charge on any atom is -0.508 e. The van der Waals surface area contributed by atoms with Crippen molar-refractivity contribution in [1.29, 1.82) is 0 Å². The van der Waals surface area contributed by atoms with Crippen molar-refractivity contribution in [2.24, 2.45) is 10.9 Å². The minimum absolute atomic E-state index is 0.0129. The van der Waals surface area contributed by atoms with Gasteiger partial charge in [0.25, 0.3) is 5.91 Å². The molecule has 0 fully saturated rings. The van der Waals surface area contributed by atoms with Gasteiger partial charge in [-0.05, 0) is 30.3 Å². The number of carbonyl (C=O) groups excluding carboxylic acids is 1. The molecule has 0 radical (unpaired) electrons. The van der Waals surface area contributed by atoms with E-state index < -0.39 is 0 Å². The molecule has 2 rings (SSSR count). The number of aromatic hydroxyl groups is 1. The van der Waals surface area contributed by atoms with E-state index in [0.717, 1.165) is 0 Å². The summed E-state index contributed by atoms with van der Waals surface area (Å²) in [6, 6.07) is 12.9. The summed E-state index contributed by atoms with van der Waals surface area (Å²) in [7, 11) is 1.58. The number of benzene rings is 2. The van der Waals surface area contributed by atoms with Gasteiger partial charge in [0.15, 0.2) is 5.84 Å². The number of carbonyl (C=O) groups is 1. The lowest BCUT2D eigenvalue weighted by atomic mass is 10.1. The Labute approximate surface area is 121 Å². The lowest BCUT2D eigenvalue weighted by Gasteiger charge is -2.20. The summed E-state index contributed by atoms with van der Waals surface area (Å²) in [6.07, 6.45) is 0. The van der Waals surface area contributed by atoms with Gasteiger partial charge in [-0.2, -0.15) is 0 Å². The number of para-hydroxylation sites is 1. The lowest BCUT2D eigenvalue weighted by molar-refractivity contribution is 0.0992. The second-order valence-electron chi connectivity index (χ2n) is 4.42. The Kier molecular flexibility index (Phi) is 4.08. The van der Waals surface area contributed by atoms with E-state index in [1.807, 2.05) is 0 Å². The second-order valence-corrected chi connectivity index (χ2v) is 4.42. The SMILES string of the molecule is CN(C(=O)c1cccc(O)c1)c1ccccc1/C(N)=N/O. The zero-order valence-electron chi connectivity index (χ0n) is 11.4. The minimum atomic E-state index is -0.316. The highest BCUT2D eigenvalue weighted by Crippen LogP contribution is 2.22. The van der Waals surface area contributed by atoms with Gasteiger partial charge in [0, 0.05) is 18.2 Å². The molecule has 6 heteroatoms. The Bertz CT molecular complexity index is 698. The Morgan fingerprint density at radius 2 is 1.90 bits per heavy atom. The maximum Gasteiger partial charge on any atom is 0.258 e. The maximum absolute atomic E-state index is 12.4. The number of amides is 1. The van der Waals surface area contributed by atoms with Gasteiger partial charge in [-0.1, -0.05) is 23.4 Å². The Balaban J connectivity index is 2.41. The molecule has 0 aliphatic heterocycles. The summed E-state index contributed by atoms with van der Waals surface area (Å²) in [5, 5.41) is 21.2. The van der Waals surface area contributed by atoms with Crippen LogP contribution < -0.4 is 10.6 Å². The third-order valence-corrected chi connectivity index (χ3v) is 3.05. The fourth-order valence-electron chi connectivity index (χ4n) is 1.98. The molecule has 108 valence electrons. The molecule has 0 spiro atoms. The summed E-state index contributed by atoms with van der Waals surface area (Å²) in [5.41, 5.74) is 6.90. The van der Waals surface area contributed by atoms with E-state index in [2.05, 4.69) is 5.16 Å². The Morgan fingerprint density at radius 1 is 1.19 bits per heavy atom. The topological polar surface area (TPSA) is 99.2 Å². The number of nitrogens with zero attached hydrogens (tertiary/aromatic N) is 2. The van der Waals surface area contributed by atoms with Crippen LogP contribution in [0.1, 0.15) is 15.9 Å². The van der Waals surface area contributed by atoms with Gasteiger partial charge in [-0.15, -0.1) is 0 Å². The van der Waals surface area contributed by atoms with Crippen molar-refractivity contribution in [3.05, 3.63) is 59.7 Å². The van der Waals surface area contributed by atoms with E-state index in [9.17, 15) is 9.90 Å². The molecule has 1 amide bonds. The molecule has 0 aliphatic rings. The third kappa shape index (κ3) is 2.94. The van der Waals surface area contributed by atoms with Crippen molar-refractivity contribution in [3.63, 3.8) is 0 Å². The monoisotopic (exact) mass is 285 g/mol. The summed E-state index contributed by atoms with van der Waals surface area (Å²) in [5.74, 6) is -0.385. The summed E-state index contributed by atoms with van der Waals surface area (Å²) < 4.78 is 0. The second kappa shape index (κ2) is 5.96. The molecule has 0 saturated carbocycles. The first kappa shape index (κ1) is 14.4. The van der Waals surface area contributed by atoms with Crippen molar-refractivity contribution in [1.82, 2.24) is 0 Å². The van der Waals surface area contributed by atoms with Crippen LogP contribution in [-0.2, 0) is 0 Å². The molecule has 0 bridgehead atoms. The molecular weight excluding hydrogens is 270 g/mol. The average molecular weight is 285 g/mol. The van der Waals surface area contributed by atoms with E-state index in [-0.39, 0.29) is 17.5 Å². The molecule has 0 unspecified atom stereocenters. The van der Waals surface area contributed by atoms with Crippen LogP contribution in [0, 0.1) is 0 Å². The molecule has 4 N–H and O–H groups in total. The van der Waals surface area contributed by atoms with Crippen molar-refractivity contribution in [2.45, 2.75) is 0 Å². The number of phenolic OH excluding ortho intramolecular Hbond substituents is 1. The number of anilines is 1. The molecular formula is C15H15N3O3. The fourth-order valence-corrected chi connectivity index (χ4v) is 1.98. The van der Waals surface area contributed by atoms with Crippen LogP contribution in [0.15, 0.2) is 53.7 Å². The number of rotatable bonds is 3. The first-order valence-electron chi connectivity index (χ1n) is 6.18. The van der Waals surface area contributed by atoms with E-state index in [1.54, 1.807) is 43.4 Å². The normalized spacial score (nSPS) is 11.2. The highest BCUT2D eigenvalue weighted by molar-refractivity contribution is 6.11. The van der Waals surface area contributed by atoms with Crippen LogP contribution in [0.2, 0.25) is 0 Å². The number of amidine groups is 1. The van der Waals surface area contributed by atoms with Crippen LogP contribution >= 0.6 is 0 Å². The van der Waals surface area contributed by atoms with Crippen molar-refractivity contribution in [2.75, 3.05) is 11.9 Å². The molecule has 2 aromatic carbocycles. The molecule has 0 aliphatic carbocycles. The van der Waals surface area contributed by atoms with Crippen LogP contribution in [-0.4, -0.2) is 29.1 Å². The molecule has 6 nitrogen and oxygen atoms in total. The lowest BCUT2D eigenvalue weighted by Crippen LogP contribution is -2.29. The number of hydrogen-bond donors (Lipinski definition) is 3. The predicted octanol–water partition coefficient (Wildman–Crippen LogP) is 1.76. The van der Waals surface area contributed by atoms with Crippen LogP contribution in [0.25, 0.3) is 0 Å². The van der Waals surface area contributed by atoms with E-state index in [4.69, 9.17) is 10.9 Å². The van der Waals surface area contributed by atoms with Gasteiger partial charge < -0.3 is 20.9 Å². The van der Waals surface area contributed by atoms with Crippen molar-refractivity contribution < 1.29 is 15.1 Å². The van der Waals surface area contributed by atoms with E-state index in [0.29, 0.717) is 16.8 Å².